The number of nitrogens with zero attached hydrogens (tertiary/aromatic N) is 2. The fourth-order valence-electron chi connectivity index (χ4n) is 5.51. The van der Waals surface area contributed by atoms with Gasteiger partial charge in [0.05, 0.1) is 5.56 Å². The minimum absolute atomic E-state index is 0.0405. The topological polar surface area (TPSA) is 63.7 Å². The van der Waals surface area contributed by atoms with Gasteiger partial charge in [-0.3, -0.25) is 9.69 Å². The van der Waals surface area contributed by atoms with E-state index in [1.165, 1.54) is 12.1 Å². The Bertz CT molecular complexity index is 1770. The van der Waals surface area contributed by atoms with E-state index in [1.807, 2.05) is 84.9 Å². The lowest BCUT2D eigenvalue weighted by atomic mass is 10.0. The van der Waals surface area contributed by atoms with E-state index in [9.17, 15) is 18.0 Å². The number of hydrogen-bond donors (Lipinski definition) is 1. The molecule has 4 aromatic carbocycles. The average Bonchev–Trinajstić information content (AvgIpc) is 3.09. The second kappa shape index (κ2) is 14.5. The van der Waals surface area contributed by atoms with Gasteiger partial charge in [0, 0.05) is 44.0 Å². The van der Waals surface area contributed by atoms with Gasteiger partial charge in [0.25, 0.3) is 5.91 Å². The largest absolute Gasteiger partial charge is 0.474 e. The molecule has 1 amide bonds. The average molecular weight is 638 g/mol. The van der Waals surface area contributed by atoms with Crippen LogP contribution in [0, 0.1) is 0 Å². The Labute approximate surface area is 271 Å². The van der Waals surface area contributed by atoms with Crippen LogP contribution < -0.4 is 14.8 Å². The van der Waals surface area contributed by atoms with Crippen molar-refractivity contribution in [1.29, 1.82) is 0 Å². The molecule has 0 unspecified atom stereocenters. The second-order valence-electron chi connectivity index (χ2n) is 11.5. The number of amides is 1. The van der Waals surface area contributed by atoms with Gasteiger partial charge in [-0.15, -0.1) is 0 Å². The molecule has 1 aliphatic heterocycles. The van der Waals surface area contributed by atoms with E-state index in [0.717, 1.165) is 60.3 Å². The van der Waals surface area contributed by atoms with Gasteiger partial charge in [0.2, 0.25) is 5.88 Å². The first kappa shape index (κ1) is 31.8. The zero-order valence-corrected chi connectivity index (χ0v) is 25.6. The zero-order chi connectivity index (χ0) is 32.6. The van der Waals surface area contributed by atoms with E-state index < -0.39 is 11.7 Å². The summed E-state index contributed by atoms with van der Waals surface area (Å²) in [5.74, 6) is 1.04. The smallest absolute Gasteiger partial charge is 0.416 e. The van der Waals surface area contributed by atoms with Crippen molar-refractivity contribution in [2.24, 2.45) is 0 Å². The summed E-state index contributed by atoms with van der Waals surface area (Å²) in [4.78, 5) is 19.4. The summed E-state index contributed by atoms with van der Waals surface area (Å²) < 4.78 is 51.1. The van der Waals surface area contributed by atoms with Gasteiger partial charge >= 0.3 is 6.18 Å². The van der Waals surface area contributed by atoms with Crippen molar-refractivity contribution in [2.75, 3.05) is 13.1 Å². The van der Waals surface area contributed by atoms with Crippen LogP contribution in [0.3, 0.4) is 0 Å². The minimum atomic E-state index is -4.42. The highest BCUT2D eigenvalue weighted by Gasteiger charge is 2.30. The number of rotatable bonds is 10. The maximum atomic E-state index is 13.1. The van der Waals surface area contributed by atoms with Crippen LogP contribution in [0.25, 0.3) is 11.1 Å². The van der Waals surface area contributed by atoms with Crippen molar-refractivity contribution in [3.63, 3.8) is 0 Å². The highest BCUT2D eigenvalue weighted by molar-refractivity contribution is 5.94. The molecule has 0 bridgehead atoms. The van der Waals surface area contributed by atoms with Crippen molar-refractivity contribution in [3.8, 4) is 28.5 Å². The number of pyridine rings is 1. The molecule has 5 aromatic rings. The molecule has 0 spiro atoms. The molecular weight excluding hydrogens is 603 g/mol. The molecule has 2 heterocycles. The molecule has 0 radical (unpaired) electrons. The van der Waals surface area contributed by atoms with E-state index in [1.54, 1.807) is 12.3 Å². The van der Waals surface area contributed by atoms with E-state index in [0.29, 0.717) is 30.3 Å². The SMILES string of the molecule is O=C(NCc1ccc(OC2CCN(Cc3cccc(Oc4cccc(C(F)(F)F)c4)c3)CC2)nc1)c1ccc(-c2ccccc2)cc1. The van der Waals surface area contributed by atoms with Crippen LogP contribution in [0.15, 0.2) is 121 Å². The highest BCUT2D eigenvalue weighted by Crippen LogP contribution is 2.33. The monoisotopic (exact) mass is 637 g/mol. The number of benzene rings is 4. The van der Waals surface area contributed by atoms with Crippen LogP contribution in [0.2, 0.25) is 0 Å². The first-order valence-corrected chi connectivity index (χ1v) is 15.5. The first-order chi connectivity index (χ1) is 22.8. The predicted octanol–water partition coefficient (Wildman–Crippen LogP) is 8.53. The second-order valence-corrected chi connectivity index (χ2v) is 11.5. The van der Waals surface area contributed by atoms with E-state index in [2.05, 4.69) is 15.2 Å². The molecule has 47 heavy (non-hydrogen) atoms. The first-order valence-electron chi connectivity index (χ1n) is 15.5. The Morgan fingerprint density at radius 2 is 1.49 bits per heavy atom. The molecular formula is C38H34F3N3O3. The molecule has 0 atom stereocenters. The number of aromatic nitrogens is 1. The van der Waals surface area contributed by atoms with E-state index in [-0.39, 0.29) is 17.8 Å². The number of nitrogens with one attached hydrogen (secondary N) is 1. The van der Waals surface area contributed by atoms with Gasteiger partial charge in [-0.2, -0.15) is 13.2 Å². The van der Waals surface area contributed by atoms with Crippen LogP contribution in [0.4, 0.5) is 13.2 Å². The number of carbonyl (C=O) groups excluding carboxylic acids is 1. The lowest BCUT2D eigenvalue weighted by Crippen LogP contribution is -2.37. The third-order valence-corrected chi connectivity index (χ3v) is 8.03. The molecule has 1 saturated heterocycles. The molecule has 1 N–H and O–H groups in total. The normalized spacial score (nSPS) is 14.0. The fraction of sp³-hybridized carbons (Fsp3) is 0.211. The van der Waals surface area contributed by atoms with Crippen molar-refractivity contribution < 1.29 is 27.4 Å². The van der Waals surface area contributed by atoms with Crippen LogP contribution in [-0.4, -0.2) is 35.0 Å². The van der Waals surface area contributed by atoms with Crippen LogP contribution in [0.1, 0.15) is 39.9 Å². The summed E-state index contributed by atoms with van der Waals surface area (Å²) in [6.07, 6.45) is -0.990. The summed E-state index contributed by atoms with van der Waals surface area (Å²) in [5, 5.41) is 2.95. The molecule has 6 rings (SSSR count). The standard InChI is InChI=1S/C38H34F3N3O3/c39-38(40,41)32-9-5-11-35(23-32)46-34-10-4-6-27(22-34)26-44-20-18-33(19-21-44)47-36-17-12-28(24-42-36)25-43-37(45)31-15-13-30(14-16-31)29-7-2-1-3-8-29/h1-17,22-24,33H,18-21,25-26H2,(H,43,45). The molecule has 1 aliphatic rings. The summed E-state index contributed by atoms with van der Waals surface area (Å²) >= 11 is 0. The van der Waals surface area contributed by atoms with Gasteiger partial charge < -0.3 is 14.8 Å². The Morgan fingerprint density at radius 1 is 0.787 bits per heavy atom. The van der Waals surface area contributed by atoms with Crippen LogP contribution >= 0.6 is 0 Å². The minimum Gasteiger partial charge on any atom is -0.474 e. The molecule has 0 aliphatic carbocycles. The maximum Gasteiger partial charge on any atom is 0.416 e. The van der Waals surface area contributed by atoms with Crippen molar-refractivity contribution in [2.45, 2.75) is 38.2 Å². The van der Waals surface area contributed by atoms with E-state index >= 15 is 0 Å². The third kappa shape index (κ3) is 8.77. The van der Waals surface area contributed by atoms with Crippen molar-refractivity contribution in [1.82, 2.24) is 15.2 Å². The summed E-state index contributed by atoms with van der Waals surface area (Å²) in [6.45, 7) is 2.72. The predicted molar refractivity (Wildman–Crippen MR) is 174 cm³/mol. The Kier molecular flexibility index (Phi) is 9.83. The highest BCUT2D eigenvalue weighted by atomic mass is 19.4. The quantitative estimate of drug-likeness (QED) is 0.166. The fourth-order valence-corrected chi connectivity index (χ4v) is 5.51. The Hall–Kier alpha value is -5.15. The summed E-state index contributed by atoms with van der Waals surface area (Å²) in [6, 6.07) is 33.6. The van der Waals surface area contributed by atoms with Gasteiger partial charge in [-0.25, -0.2) is 4.98 Å². The number of halogens is 3. The lowest BCUT2D eigenvalue weighted by molar-refractivity contribution is -0.137. The van der Waals surface area contributed by atoms with Gasteiger partial charge in [-0.1, -0.05) is 66.7 Å². The van der Waals surface area contributed by atoms with Crippen LogP contribution in [0.5, 0.6) is 17.4 Å². The Morgan fingerprint density at radius 3 is 2.19 bits per heavy atom. The number of ether oxygens (including phenoxy) is 2. The molecule has 1 aromatic heterocycles. The lowest BCUT2D eigenvalue weighted by Gasteiger charge is -2.32. The summed E-state index contributed by atoms with van der Waals surface area (Å²) in [5.41, 5.74) is 3.91. The van der Waals surface area contributed by atoms with Gasteiger partial charge in [-0.05, 0) is 77.6 Å². The molecule has 9 heteroatoms. The zero-order valence-electron chi connectivity index (χ0n) is 25.6. The molecule has 240 valence electrons. The maximum absolute atomic E-state index is 13.1. The molecule has 0 saturated carbocycles. The van der Waals surface area contributed by atoms with Gasteiger partial charge in [0.1, 0.15) is 17.6 Å². The van der Waals surface area contributed by atoms with Crippen molar-refractivity contribution >= 4 is 5.91 Å². The number of hydrogen-bond acceptors (Lipinski definition) is 5. The number of carbonyl (C=O) groups is 1. The Balaban J connectivity index is 0.936. The number of piperidine rings is 1. The van der Waals surface area contributed by atoms with Gasteiger partial charge in [0.15, 0.2) is 0 Å². The number of alkyl halides is 3. The number of likely N-dealkylation sites (tertiary alicyclic amines) is 1. The summed E-state index contributed by atoms with van der Waals surface area (Å²) in [7, 11) is 0. The van der Waals surface area contributed by atoms with E-state index in [4.69, 9.17) is 9.47 Å². The molecule has 6 nitrogen and oxygen atoms in total. The molecule has 1 fully saturated rings. The van der Waals surface area contributed by atoms with Crippen LogP contribution in [-0.2, 0) is 19.3 Å². The van der Waals surface area contributed by atoms with Crippen molar-refractivity contribution in [3.05, 3.63) is 144 Å². The third-order valence-electron chi connectivity index (χ3n) is 8.03.